The minimum Gasteiger partial charge on any atom is -0.480 e. The molecule has 0 bridgehead atoms. The largest absolute Gasteiger partial charge is 0.480 e. The predicted octanol–water partition coefficient (Wildman–Crippen LogP) is 0.511. The molecule has 0 radical (unpaired) electrons. The zero-order valence-corrected chi connectivity index (χ0v) is 10.2. The minimum absolute atomic E-state index is 0.0212. The number of aromatic amines is 1. The molecule has 6 nitrogen and oxygen atoms in total. The van der Waals surface area contributed by atoms with Crippen molar-refractivity contribution in [3.05, 3.63) is 21.7 Å². The molecule has 6 heteroatoms. The molecule has 0 saturated heterocycles. The van der Waals surface area contributed by atoms with E-state index < -0.39 is 17.6 Å². The number of H-pyrrole nitrogens is 1. The molecule has 0 aliphatic rings. The Morgan fingerprint density at radius 2 is 2.12 bits per heavy atom. The standard InChI is InChI=1S/C11H18N2O4/c1-11(2,3)5-8-6(9(14)13-17-8)4-7(12)10(15)16/h7H,4-5,12H2,1-3H3,(H,13,14)(H,15,16). The first kappa shape index (κ1) is 13.5. The monoisotopic (exact) mass is 242 g/mol. The van der Waals surface area contributed by atoms with E-state index in [4.69, 9.17) is 15.4 Å². The fourth-order valence-electron chi connectivity index (χ4n) is 1.50. The van der Waals surface area contributed by atoms with Crippen LogP contribution in [0.2, 0.25) is 0 Å². The summed E-state index contributed by atoms with van der Waals surface area (Å²) in [5, 5.41) is 11.0. The molecule has 1 aromatic rings. The lowest BCUT2D eigenvalue weighted by Crippen LogP contribution is -2.34. The van der Waals surface area contributed by atoms with E-state index in [0.29, 0.717) is 17.7 Å². The first-order valence-electron chi connectivity index (χ1n) is 5.38. The summed E-state index contributed by atoms with van der Waals surface area (Å²) in [4.78, 5) is 22.2. The number of carbonyl (C=O) groups is 1. The topological polar surface area (TPSA) is 109 Å². The van der Waals surface area contributed by atoms with Crippen LogP contribution in [-0.2, 0) is 17.6 Å². The summed E-state index contributed by atoms with van der Waals surface area (Å²) in [7, 11) is 0. The van der Waals surface area contributed by atoms with Gasteiger partial charge < -0.3 is 15.4 Å². The third-order valence-electron chi connectivity index (χ3n) is 2.31. The minimum atomic E-state index is -1.13. The van der Waals surface area contributed by atoms with Crippen molar-refractivity contribution in [2.75, 3.05) is 0 Å². The van der Waals surface area contributed by atoms with Gasteiger partial charge in [-0.15, -0.1) is 0 Å². The second kappa shape index (κ2) is 4.75. The van der Waals surface area contributed by atoms with Crippen LogP contribution in [0.5, 0.6) is 0 Å². The Labute approximate surface area is 98.8 Å². The van der Waals surface area contributed by atoms with Crippen molar-refractivity contribution in [2.24, 2.45) is 11.1 Å². The molecular formula is C11H18N2O4. The van der Waals surface area contributed by atoms with E-state index in [1.807, 2.05) is 20.8 Å². The van der Waals surface area contributed by atoms with Gasteiger partial charge in [0.05, 0.1) is 5.56 Å². The Morgan fingerprint density at radius 3 is 2.59 bits per heavy atom. The van der Waals surface area contributed by atoms with Gasteiger partial charge in [-0.25, -0.2) is 0 Å². The Balaban J connectivity index is 2.95. The van der Waals surface area contributed by atoms with E-state index in [1.165, 1.54) is 0 Å². The van der Waals surface area contributed by atoms with Crippen LogP contribution in [0.4, 0.5) is 0 Å². The number of nitrogens with two attached hydrogens (primary N) is 1. The Hall–Kier alpha value is -1.56. The molecule has 1 unspecified atom stereocenters. The molecule has 0 spiro atoms. The highest BCUT2D eigenvalue weighted by Crippen LogP contribution is 2.21. The van der Waals surface area contributed by atoms with Crippen LogP contribution in [0, 0.1) is 5.41 Å². The maximum Gasteiger partial charge on any atom is 0.320 e. The zero-order chi connectivity index (χ0) is 13.2. The van der Waals surface area contributed by atoms with E-state index >= 15 is 0 Å². The Kier molecular flexibility index (Phi) is 3.77. The summed E-state index contributed by atoms with van der Waals surface area (Å²) in [5.74, 6) is -0.647. The highest BCUT2D eigenvalue weighted by Gasteiger charge is 2.23. The molecule has 0 amide bonds. The molecule has 0 saturated carbocycles. The van der Waals surface area contributed by atoms with Gasteiger partial charge in [0.25, 0.3) is 5.56 Å². The maximum absolute atomic E-state index is 11.5. The number of hydrogen-bond acceptors (Lipinski definition) is 4. The summed E-state index contributed by atoms with van der Waals surface area (Å²) in [6.07, 6.45) is 0.528. The fraction of sp³-hybridized carbons (Fsp3) is 0.636. The third-order valence-corrected chi connectivity index (χ3v) is 2.31. The first-order valence-corrected chi connectivity index (χ1v) is 5.38. The van der Waals surface area contributed by atoms with Gasteiger partial charge in [-0.05, 0) is 5.41 Å². The lowest BCUT2D eigenvalue weighted by atomic mass is 9.89. The SMILES string of the molecule is CC(C)(C)Cc1o[nH]c(=O)c1CC(N)C(=O)O. The van der Waals surface area contributed by atoms with E-state index in [9.17, 15) is 9.59 Å². The van der Waals surface area contributed by atoms with Gasteiger partial charge in [-0.1, -0.05) is 20.8 Å². The smallest absolute Gasteiger partial charge is 0.320 e. The summed E-state index contributed by atoms with van der Waals surface area (Å²) in [6.45, 7) is 6.00. The van der Waals surface area contributed by atoms with Crippen molar-refractivity contribution in [1.82, 2.24) is 5.16 Å². The van der Waals surface area contributed by atoms with Gasteiger partial charge in [0.1, 0.15) is 11.8 Å². The summed E-state index contributed by atoms with van der Waals surface area (Å²) in [6, 6.07) is -1.09. The van der Waals surface area contributed by atoms with Gasteiger partial charge in [0.15, 0.2) is 0 Å². The van der Waals surface area contributed by atoms with Crippen molar-refractivity contribution < 1.29 is 14.4 Å². The van der Waals surface area contributed by atoms with Gasteiger partial charge in [-0.3, -0.25) is 9.59 Å². The lowest BCUT2D eigenvalue weighted by molar-refractivity contribution is -0.138. The number of carboxylic acids is 1. The molecule has 0 aliphatic carbocycles. The number of aliphatic carboxylic acids is 1. The molecule has 96 valence electrons. The quantitative estimate of drug-likeness (QED) is 0.712. The van der Waals surface area contributed by atoms with Gasteiger partial charge in [-0.2, -0.15) is 5.16 Å². The van der Waals surface area contributed by atoms with Crippen molar-refractivity contribution in [3.63, 3.8) is 0 Å². The zero-order valence-electron chi connectivity index (χ0n) is 10.2. The summed E-state index contributed by atoms with van der Waals surface area (Å²) < 4.78 is 5.07. The van der Waals surface area contributed by atoms with Crippen LogP contribution < -0.4 is 11.3 Å². The van der Waals surface area contributed by atoms with Crippen LogP contribution in [0.1, 0.15) is 32.1 Å². The predicted molar refractivity (Wildman–Crippen MR) is 61.8 cm³/mol. The summed E-state index contributed by atoms with van der Waals surface area (Å²) in [5.41, 5.74) is 5.29. The molecule has 4 N–H and O–H groups in total. The number of hydrogen-bond donors (Lipinski definition) is 3. The van der Waals surface area contributed by atoms with Crippen LogP contribution in [-0.4, -0.2) is 22.3 Å². The normalized spacial score (nSPS) is 13.6. The average Bonchev–Trinajstić information content (AvgIpc) is 2.47. The van der Waals surface area contributed by atoms with E-state index in [-0.39, 0.29) is 11.8 Å². The number of aromatic nitrogens is 1. The van der Waals surface area contributed by atoms with Crippen LogP contribution in [0.3, 0.4) is 0 Å². The number of rotatable bonds is 4. The van der Waals surface area contributed by atoms with Gasteiger partial charge in [0, 0.05) is 12.8 Å². The average molecular weight is 242 g/mol. The third kappa shape index (κ3) is 3.74. The maximum atomic E-state index is 11.5. The second-order valence-corrected chi connectivity index (χ2v) is 5.32. The molecule has 1 heterocycles. The van der Waals surface area contributed by atoms with Crippen LogP contribution in [0.15, 0.2) is 9.32 Å². The molecule has 1 rings (SSSR count). The molecular weight excluding hydrogens is 224 g/mol. The van der Waals surface area contributed by atoms with Crippen molar-refractivity contribution >= 4 is 5.97 Å². The van der Waals surface area contributed by atoms with E-state index in [0.717, 1.165) is 0 Å². The number of carboxylic acid groups (broad SMARTS) is 1. The second-order valence-electron chi connectivity index (χ2n) is 5.32. The van der Waals surface area contributed by atoms with Gasteiger partial charge >= 0.3 is 5.97 Å². The van der Waals surface area contributed by atoms with E-state index in [1.54, 1.807) is 0 Å². The van der Waals surface area contributed by atoms with Crippen LogP contribution in [0.25, 0.3) is 0 Å². The highest BCUT2D eigenvalue weighted by molar-refractivity contribution is 5.73. The Bertz CT molecular complexity index is 453. The van der Waals surface area contributed by atoms with Gasteiger partial charge in [0.2, 0.25) is 0 Å². The van der Waals surface area contributed by atoms with Crippen molar-refractivity contribution in [1.29, 1.82) is 0 Å². The first-order chi connectivity index (χ1) is 7.70. The molecule has 1 aromatic heterocycles. The molecule has 0 aliphatic heterocycles. The number of nitrogens with one attached hydrogen (secondary N) is 1. The molecule has 1 atom stereocenters. The molecule has 17 heavy (non-hydrogen) atoms. The fourth-order valence-corrected chi connectivity index (χ4v) is 1.50. The Morgan fingerprint density at radius 1 is 1.53 bits per heavy atom. The summed E-state index contributed by atoms with van der Waals surface area (Å²) >= 11 is 0. The molecule has 0 fully saturated rings. The van der Waals surface area contributed by atoms with E-state index in [2.05, 4.69) is 5.16 Å². The van der Waals surface area contributed by atoms with Crippen molar-refractivity contribution in [3.8, 4) is 0 Å². The van der Waals surface area contributed by atoms with Crippen LogP contribution >= 0.6 is 0 Å². The van der Waals surface area contributed by atoms with Crippen molar-refractivity contribution in [2.45, 2.75) is 39.7 Å². The molecule has 0 aromatic carbocycles. The highest BCUT2D eigenvalue weighted by atomic mass is 16.5. The lowest BCUT2D eigenvalue weighted by Gasteiger charge is -2.16.